The van der Waals surface area contributed by atoms with E-state index in [4.69, 9.17) is 0 Å². The molecular formula is C20H16. The largest absolute Gasteiger partial charge is 0.0830 e. The minimum absolute atomic E-state index is 0.541. The maximum absolute atomic E-state index is 2.31. The van der Waals surface area contributed by atoms with Gasteiger partial charge in [-0.1, -0.05) is 78.9 Å². The lowest BCUT2D eigenvalue weighted by Gasteiger charge is -2.23. The fourth-order valence-electron chi connectivity index (χ4n) is 3.21. The van der Waals surface area contributed by atoms with Gasteiger partial charge in [-0.05, 0) is 33.9 Å². The average Bonchev–Trinajstić information content (AvgIpc) is 2.54. The Hall–Kier alpha value is -2.34. The normalized spacial score (nSPS) is 20.5. The predicted molar refractivity (Wildman–Crippen MR) is 86.4 cm³/mol. The Bertz CT molecular complexity index is 779. The molecule has 4 rings (SSSR count). The molecule has 96 valence electrons. The SMILES string of the molecule is C1=CC2=C(c3cccc4ccccc34)C=CCC2C=C1. The summed E-state index contributed by atoms with van der Waals surface area (Å²) in [5, 5.41) is 2.65. The molecule has 0 nitrogen and oxygen atoms in total. The van der Waals surface area contributed by atoms with Gasteiger partial charge in [-0.25, -0.2) is 0 Å². The lowest BCUT2D eigenvalue weighted by Crippen LogP contribution is -2.07. The van der Waals surface area contributed by atoms with E-state index in [1.54, 1.807) is 0 Å². The van der Waals surface area contributed by atoms with Crippen molar-refractivity contribution in [3.8, 4) is 0 Å². The predicted octanol–water partition coefficient (Wildman–Crippen LogP) is 5.30. The van der Waals surface area contributed by atoms with Crippen LogP contribution in [0.3, 0.4) is 0 Å². The Kier molecular flexibility index (Phi) is 2.67. The topological polar surface area (TPSA) is 0 Å². The van der Waals surface area contributed by atoms with E-state index >= 15 is 0 Å². The van der Waals surface area contributed by atoms with Gasteiger partial charge in [0.25, 0.3) is 0 Å². The third-order valence-electron chi connectivity index (χ3n) is 4.20. The van der Waals surface area contributed by atoms with Crippen LogP contribution in [-0.2, 0) is 0 Å². The average molecular weight is 256 g/mol. The molecule has 2 aliphatic carbocycles. The smallest absolute Gasteiger partial charge is 0.00618 e. The van der Waals surface area contributed by atoms with Crippen LogP contribution in [0.5, 0.6) is 0 Å². The maximum Gasteiger partial charge on any atom is 0.00618 e. The fraction of sp³-hybridized carbons (Fsp3) is 0.100. The first kappa shape index (κ1) is 11.5. The van der Waals surface area contributed by atoms with E-state index < -0.39 is 0 Å². The zero-order chi connectivity index (χ0) is 13.4. The van der Waals surface area contributed by atoms with Crippen LogP contribution < -0.4 is 0 Å². The van der Waals surface area contributed by atoms with Crippen LogP contribution >= 0.6 is 0 Å². The number of benzene rings is 2. The molecule has 2 aromatic carbocycles. The van der Waals surface area contributed by atoms with Gasteiger partial charge in [-0.3, -0.25) is 0 Å². The Labute approximate surface area is 119 Å². The molecule has 0 bridgehead atoms. The van der Waals surface area contributed by atoms with Crippen LogP contribution in [0, 0.1) is 5.92 Å². The van der Waals surface area contributed by atoms with E-state index in [9.17, 15) is 0 Å². The summed E-state index contributed by atoms with van der Waals surface area (Å²) in [6.07, 6.45) is 14.6. The van der Waals surface area contributed by atoms with Gasteiger partial charge in [0, 0.05) is 5.92 Å². The lowest BCUT2D eigenvalue weighted by atomic mass is 9.81. The molecular weight excluding hydrogens is 240 g/mol. The van der Waals surface area contributed by atoms with Crippen molar-refractivity contribution in [2.45, 2.75) is 6.42 Å². The Balaban J connectivity index is 1.99. The molecule has 20 heavy (non-hydrogen) atoms. The molecule has 2 aromatic rings. The van der Waals surface area contributed by atoms with Crippen LogP contribution in [0.25, 0.3) is 16.3 Å². The number of fused-ring (bicyclic) bond motifs is 2. The molecule has 0 heteroatoms. The van der Waals surface area contributed by atoms with E-state index in [-0.39, 0.29) is 0 Å². The number of rotatable bonds is 1. The molecule has 0 N–H and O–H groups in total. The van der Waals surface area contributed by atoms with E-state index in [0.29, 0.717) is 5.92 Å². The second-order valence-corrected chi connectivity index (χ2v) is 5.38. The molecule has 1 atom stereocenters. The minimum Gasteiger partial charge on any atom is -0.0830 e. The van der Waals surface area contributed by atoms with E-state index in [0.717, 1.165) is 6.42 Å². The van der Waals surface area contributed by atoms with Gasteiger partial charge in [-0.15, -0.1) is 0 Å². The highest BCUT2D eigenvalue weighted by molar-refractivity contribution is 5.97. The number of hydrogen-bond donors (Lipinski definition) is 0. The molecule has 0 fully saturated rings. The Morgan fingerprint density at radius 3 is 2.75 bits per heavy atom. The third-order valence-corrected chi connectivity index (χ3v) is 4.20. The summed E-state index contributed by atoms with van der Waals surface area (Å²) < 4.78 is 0. The summed E-state index contributed by atoms with van der Waals surface area (Å²) in [5.41, 5.74) is 4.17. The van der Waals surface area contributed by atoms with Crippen molar-refractivity contribution in [3.05, 3.63) is 90.1 Å². The zero-order valence-corrected chi connectivity index (χ0v) is 11.3. The summed E-state index contributed by atoms with van der Waals surface area (Å²) >= 11 is 0. The van der Waals surface area contributed by atoms with E-state index in [1.807, 2.05) is 0 Å². The second kappa shape index (κ2) is 4.64. The van der Waals surface area contributed by atoms with Crippen LogP contribution in [-0.4, -0.2) is 0 Å². The Morgan fingerprint density at radius 1 is 0.850 bits per heavy atom. The van der Waals surface area contributed by atoms with Crippen molar-refractivity contribution in [2.24, 2.45) is 5.92 Å². The van der Waals surface area contributed by atoms with Crippen molar-refractivity contribution in [2.75, 3.05) is 0 Å². The quantitative estimate of drug-likeness (QED) is 0.650. The van der Waals surface area contributed by atoms with Crippen molar-refractivity contribution < 1.29 is 0 Å². The number of hydrogen-bond acceptors (Lipinski definition) is 0. The molecule has 0 aliphatic heterocycles. The highest BCUT2D eigenvalue weighted by Crippen LogP contribution is 2.37. The monoisotopic (exact) mass is 256 g/mol. The summed E-state index contributed by atoms with van der Waals surface area (Å²) in [5.74, 6) is 0.541. The van der Waals surface area contributed by atoms with Gasteiger partial charge < -0.3 is 0 Å². The van der Waals surface area contributed by atoms with E-state index in [1.165, 1.54) is 27.5 Å². The van der Waals surface area contributed by atoms with Gasteiger partial charge in [0.1, 0.15) is 0 Å². The summed E-state index contributed by atoms with van der Waals surface area (Å²) in [4.78, 5) is 0. The number of allylic oxidation sites excluding steroid dienone is 8. The maximum atomic E-state index is 2.31. The minimum atomic E-state index is 0.541. The molecule has 0 saturated carbocycles. The van der Waals surface area contributed by atoms with Crippen LogP contribution in [0.15, 0.2) is 84.5 Å². The molecule has 2 aliphatic rings. The molecule has 0 heterocycles. The van der Waals surface area contributed by atoms with Crippen LogP contribution in [0.2, 0.25) is 0 Å². The fourth-order valence-corrected chi connectivity index (χ4v) is 3.21. The summed E-state index contributed by atoms with van der Waals surface area (Å²) in [6, 6.07) is 15.2. The molecule has 0 spiro atoms. The summed E-state index contributed by atoms with van der Waals surface area (Å²) in [6.45, 7) is 0. The molecule has 0 amide bonds. The Morgan fingerprint density at radius 2 is 1.75 bits per heavy atom. The standard InChI is InChI=1S/C20H16/c1-3-11-17-15(7-1)9-5-13-19(17)20-14-6-10-16-8-2-4-12-18(16)20/h1-9,11-14,16H,10H2. The van der Waals surface area contributed by atoms with E-state index in [2.05, 4.69) is 78.9 Å². The highest BCUT2D eigenvalue weighted by Gasteiger charge is 2.19. The van der Waals surface area contributed by atoms with Gasteiger partial charge in [-0.2, -0.15) is 0 Å². The first-order valence-corrected chi connectivity index (χ1v) is 7.17. The zero-order valence-electron chi connectivity index (χ0n) is 11.3. The molecule has 0 saturated heterocycles. The van der Waals surface area contributed by atoms with Crippen LogP contribution in [0.4, 0.5) is 0 Å². The lowest BCUT2D eigenvalue weighted by molar-refractivity contribution is 0.784. The molecule has 0 aromatic heterocycles. The van der Waals surface area contributed by atoms with Gasteiger partial charge in [0.15, 0.2) is 0 Å². The highest BCUT2D eigenvalue weighted by atomic mass is 14.2. The van der Waals surface area contributed by atoms with Gasteiger partial charge in [0.05, 0.1) is 0 Å². The van der Waals surface area contributed by atoms with Gasteiger partial charge >= 0.3 is 0 Å². The second-order valence-electron chi connectivity index (χ2n) is 5.38. The van der Waals surface area contributed by atoms with Gasteiger partial charge in [0.2, 0.25) is 0 Å². The molecule has 1 unspecified atom stereocenters. The first-order valence-electron chi connectivity index (χ1n) is 7.17. The first-order chi connectivity index (χ1) is 9.93. The van der Waals surface area contributed by atoms with Crippen molar-refractivity contribution >= 4 is 16.3 Å². The van der Waals surface area contributed by atoms with Crippen molar-refractivity contribution in [3.63, 3.8) is 0 Å². The van der Waals surface area contributed by atoms with Crippen LogP contribution in [0.1, 0.15) is 12.0 Å². The van der Waals surface area contributed by atoms with Crippen molar-refractivity contribution in [1.29, 1.82) is 0 Å². The summed E-state index contributed by atoms with van der Waals surface area (Å²) in [7, 11) is 0. The molecule has 0 radical (unpaired) electrons. The third kappa shape index (κ3) is 1.77. The van der Waals surface area contributed by atoms with Crippen molar-refractivity contribution in [1.82, 2.24) is 0 Å².